The fraction of sp³-hybridized carbons (Fsp3) is 0.333. The normalized spacial score (nSPS) is 18.9. The van der Waals surface area contributed by atoms with E-state index in [-0.39, 0.29) is 16.9 Å². The van der Waals surface area contributed by atoms with E-state index in [0.717, 1.165) is 6.20 Å². The fourth-order valence-electron chi connectivity index (χ4n) is 2.87. The highest BCUT2D eigenvalue weighted by Gasteiger charge is 2.32. The summed E-state index contributed by atoms with van der Waals surface area (Å²) in [4.78, 5) is 24.2. The van der Waals surface area contributed by atoms with Crippen LogP contribution in [0.25, 0.3) is 0 Å². The average Bonchev–Trinajstić information content (AvgIpc) is 2.67. The zero-order chi connectivity index (χ0) is 22.8. The number of anilines is 2. The third-order valence-corrected chi connectivity index (χ3v) is 5.17. The number of aromatic nitrogens is 2. The Bertz CT molecular complexity index is 1030. The molecule has 2 aromatic rings. The van der Waals surface area contributed by atoms with Crippen LogP contribution in [0.5, 0.6) is 5.88 Å². The second-order valence-electron chi connectivity index (χ2n) is 6.82. The molecule has 0 saturated carbocycles. The van der Waals surface area contributed by atoms with Gasteiger partial charge in [0.05, 0.1) is 11.7 Å². The molecule has 8 nitrogen and oxygen atoms in total. The van der Waals surface area contributed by atoms with E-state index in [1.807, 2.05) is 0 Å². The lowest BCUT2D eigenvalue weighted by Gasteiger charge is -2.30. The van der Waals surface area contributed by atoms with Crippen molar-refractivity contribution in [2.75, 3.05) is 23.4 Å². The summed E-state index contributed by atoms with van der Waals surface area (Å²) in [5.74, 6) is -1.52. The largest absolute Gasteiger partial charge is 0.467 e. The average molecular weight is 458 g/mol. The molecule has 3 rings (SSSR count). The summed E-state index contributed by atoms with van der Waals surface area (Å²) in [6.45, 7) is 0.169. The number of nitrogens with one attached hydrogen (secondary N) is 1. The van der Waals surface area contributed by atoms with Crippen molar-refractivity contribution in [1.82, 2.24) is 9.97 Å². The van der Waals surface area contributed by atoms with Crippen molar-refractivity contribution in [1.29, 1.82) is 0 Å². The summed E-state index contributed by atoms with van der Waals surface area (Å²) in [6.07, 6.45) is -3.16. The van der Waals surface area contributed by atoms with Crippen molar-refractivity contribution in [2.24, 2.45) is 10.7 Å². The third-order valence-electron chi connectivity index (χ3n) is 4.38. The highest BCUT2D eigenvalue weighted by Crippen LogP contribution is 2.37. The number of rotatable bonds is 5. The van der Waals surface area contributed by atoms with Gasteiger partial charge in [0.2, 0.25) is 5.88 Å². The number of hydrogen-bond acceptors (Lipinski definition) is 8. The topological polar surface area (TPSA) is 129 Å². The van der Waals surface area contributed by atoms with Crippen molar-refractivity contribution in [3.8, 4) is 5.88 Å². The molecule has 31 heavy (non-hydrogen) atoms. The maximum absolute atomic E-state index is 14.5. The maximum atomic E-state index is 14.5. The maximum Gasteiger partial charge on any atom is 0.422 e. The first-order chi connectivity index (χ1) is 14.5. The molecule has 1 aliphatic heterocycles. The molecule has 0 spiro atoms. The van der Waals surface area contributed by atoms with E-state index in [1.165, 1.54) is 30.0 Å². The van der Waals surface area contributed by atoms with E-state index in [0.29, 0.717) is 17.3 Å². The highest BCUT2D eigenvalue weighted by molar-refractivity contribution is 8.13. The number of benzene rings is 1. The molecule has 5 N–H and O–H groups in total. The number of halogens is 4. The van der Waals surface area contributed by atoms with Gasteiger partial charge in [-0.2, -0.15) is 18.2 Å². The second-order valence-corrected chi connectivity index (χ2v) is 7.93. The number of carbonyl (C=O) groups excluding carboxylic acids is 1. The van der Waals surface area contributed by atoms with Gasteiger partial charge < -0.3 is 21.5 Å². The SMILES string of the molecule is C[C@@]1(c2cc(NC(=O)c3ncc(OCC(F)(F)F)nc3N)ccc2F)CCSC(N)=N1. The number of nitrogens with two attached hydrogens (primary N) is 2. The molecule has 13 heteroatoms. The van der Waals surface area contributed by atoms with Crippen LogP contribution in [-0.2, 0) is 5.54 Å². The van der Waals surface area contributed by atoms with Crippen molar-refractivity contribution >= 4 is 34.3 Å². The molecular weight excluding hydrogens is 440 g/mol. The van der Waals surface area contributed by atoms with E-state index in [9.17, 15) is 22.4 Å². The van der Waals surface area contributed by atoms with Crippen LogP contribution in [0.15, 0.2) is 29.4 Å². The molecule has 1 aromatic carbocycles. The van der Waals surface area contributed by atoms with Crippen LogP contribution < -0.4 is 21.5 Å². The Kier molecular flexibility index (Phi) is 6.25. The number of hydrogen-bond donors (Lipinski definition) is 3. The Morgan fingerprint density at radius 2 is 2.10 bits per heavy atom. The number of aliphatic imine (C=N–C) groups is 1. The summed E-state index contributed by atoms with van der Waals surface area (Å²) in [5, 5.41) is 2.86. The lowest BCUT2D eigenvalue weighted by atomic mass is 9.89. The van der Waals surface area contributed by atoms with Crippen LogP contribution >= 0.6 is 11.8 Å². The Morgan fingerprint density at radius 3 is 2.74 bits per heavy atom. The number of nitrogen functional groups attached to an aromatic ring is 1. The molecule has 0 aliphatic carbocycles. The highest BCUT2D eigenvalue weighted by atomic mass is 32.2. The monoisotopic (exact) mass is 458 g/mol. The standard InChI is InChI=1S/C18H18F4N6O2S/c1-17(4-5-31-16(24)28-17)10-6-9(2-3-11(10)19)26-15(29)13-14(23)27-12(7-25-13)30-8-18(20,21)22/h2-3,6-7H,4-5,8H2,1H3,(H2,23,27)(H2,24,28)(H,26,29)/t17-/m0/s1. The summed E-state index contributed by atoms with van der Waals surface area (Å²) in [5.41, 5.74) is 10.7. The summed E-state index contributed by atoms with van der Waals surface area (Å²) < 4.78 is 55.6. The molecule has 0 unspecified atom stereocenters. The molecule has 1 aromatic heterocycles. The first kappa shape index (κ1) is 22.6. The van der Waals surface area contributed by atoms with Gasteiger partial charge >= 0.3 is 6.18 Å². The smallest absolute Gasteiger partial charge is 0.422 e. The Hall–Kier alpha value is -3.09. The number of amidine groups is 1. The molecule has 0 saturated heterocycles. The predicted molar refractivity (Wildman–Crippen MR) is 108 cm³/mol. The molecule has 1 atom stereocenters. The number of ether oxygens (including phenoxy) is 1. The van der Waals surface area contributed by atoms with E-state index < -0.39 is 41.7 Å². The number of amides is 1. The van der Waals surface area contributed by atoms with Crippen molar-refractivity contribution in [2.45, 2.75) is 25.1 Å². The van der Waals surface area contributed by atoms with Crippen LogP contribution in [0.1, 0.15) is 29.4 Å². The van der Waals surface area contributed by atoms with Gasteiger partial charge in [-0.25, -0.2) is 9.37 Å². The molecule has 0 radical (unpaired) electrons. The van der Waals surface area contributed by atoms with Crippen LogP contribution in [0.4, 0.5) is 29.1 Å². The van der Waals surface area contributed by atoms with E-state index >= 15 is 0 Å². The van der Waals surface area contributed by atoms with Gasteiger partial charge in [0.25, 0.3) is 5.91 Å². The zero-order valence-electron chi connectivity index (χ0n) is 16.2. The minimum Gasteiger partial charge on any atom is -0.467 e. The number of alkyl halides is 3. The first-order valence-electron chi connectivity index (χ1n) is 8.88. The van der Waals surface area contributed by atoms with Gasteiger partial charge in [-0.15, -0.1) is 0 Å². The second kappa shape index (κ2) is 8.57. The van der Waals surface area contributed by atoms with Crippen LogP contribution in [0.2, 0.25) is 0 Å². The van der Waals surface area contributed by atoms with Crippen molar-refractivity contribution in [3.05, 3.63) is 41.5 Å². The molecule has 166 valence electrons. The molecule has 1 amide bonds. The van der Waals surface area contributed by atoms with Crippen LogP contribution in [0.3, 0.4) is 0 Å². The van der Waals surface area contributed by atoms with Gasteiger partial charge in [0, 0.05) is 17.0 Å². The third kappa shape index (κ3) is 5.54. The number of nitrogens with zero attached hydrogens (tertiary/aromatic N) is 3. The van der Waals surface area contributed by atoms with Crippen LogP contribution in [0, 0.1) is 5.82 Å². The minimum atomic E-state index is -4.56. The van der Waals surface area contributed by atoms with Crippen molar-refractivity contribution in [3.63, 3.8) is 0 Å². The fourth-order valence-corrected chi connectivity index (χ4v) is 3.85. The zero-order valence-corrected chi connectivity index (χ0v) is 17.0. The van der Waals surface area contributed by atoms with Gasteiger partial charge in [-0.05, 0) is 31.5 Å². The number of thioether (sulfide) groups is 1. The van der Waals surface area contributed by atoms with Gasteiger partial charge in [0.1, 0.15) is 5.82 Å². The predicted octanol–water partition coefficient (Wildman–Crippen LogP) is 3.06. The van der Waals surface area contributed by atoms with E-state index in [2.05, 4.69) is 25.0 Å². The van der Waals surface area contributed by atoms with Gasteiger partial charge in [-0.1, -0.05) is 11.8 Å². The molecule has 1 aliphatic rings. The summed E-state index contributed by atoms with van der Waals surface area (Å²) in [7, 11) is 0. The number of carbonyl (C=O) groups is 1. The lowest BCUT2D eigenvalue weighted by Crippen LogP contribution is -2.30. The molecule has 0 bridgehead atoms. The summed E-state index contributed by atoms with van der Waals surface area (Å²) in [6, 6.07) is 3.96. The van der Waals surface area contributed by atoms with Gasteiger partial charge in [-0.3, -0.25) is 9.79 Å². The molecule has 2 heterocycles. The first-order valence-corrected chi connectivity index (χ1v) is 9.87. The summed E-state index contributed by atoms with van der Waals surface area (Å²) >= 11 is 1.37. The Labute approximate surface area is 178 Å². The van der Waals surface area contributed by atoms with Crippen LogP contribution in [-0.4, -0.2) is 39.6 Å². The van der Waals surface area contributed by atoms with E-state index in [1.54, 1.807) is 6.92 Å². The van der Waals surface area contributed by atoms with Crippen molar-refractivity contribution < 1.29 is 27.1 Å². The Morgan fingerprint density at radius 1 is 1.35 bits per heavy atom. The van der Waals surface area contributed by atoms with E-state index in [4.69, 9.17) is 11.5 Å². The Balaban J connectivity index is 1.79. The minimum absolute atomic E-state index is 0.244. The lowest BCUT2D eigenvalue weighted by molar-refractivity contribution is -0.154. The van der Waals surface area contributed by atoms with Gasteiger partial charge in [0.15, 0.2) is 23.3 Å². The molecule has 0 fully saturated rings. The quantitative estimate of drug-likeness (QED) is 0.588. The molecular formula is C18H18F4N6O2S.